The number of halogens is 1. The number of piperidine rings is 1. The molecule has 0 saturated carbocycles. The Hall–Kier alpha value is -1.85. The van der Waals surface area contributed by atoms with Crippen LogP contribution in [0.3, 0.4) is 0 Å². The van der Waals surface area contributed by atoms with E-state index in [2.05, 4.69) is 20.4 Å². The molecule has 0 radical (unpaired) electrons. The molecule has 3 saturated heterocycles. The fourth-order valence-electron chi connectivity index (χ4n) is 5.23. The summed E-state index contributed by atoms with van der Waals surface area (Å²) in [6, 6.07) is 7.79. The molecule has 3 heterocycles. The van der Waals surface area contributed by atoms with Crippen molar-refractivity contribution in [2.24, 2.45) is 10.8 Å². The molecule has 6 heteroatoms. The van der Waals surface area contributed by atoms with Gasteiger partial charge in [-0.2, -0.15) is 0 Å². The number of hydrogen-bond donors (Lipinski definition) is 0. The van der Waals surface area contributed by atoms with Crippen molar-refractivity contribution >= 4 is 23.4 Å². The Kier molecular flexibility index (Phi) is 5.71. The summed E-state index contributed by atoms with van der Waals surface area (Å²) in [6.45, 7) is 11.5. The molecule has 2 atom stereocenters. The van der Waals surface area contributed by atoms with Gasteiger partial charge >= 0.3 is 0 Å². The number of carbonyl (C=O) groups excluding carboxylic acids is 2. The van der Waals surface area contributed by atoms with Gasteiger partial charge in [-0.3, -0.25) is 9.59 Å². The lowest BCUT2D eigenvalue weighted by atomic mass is 9.71. The lowest BCUT2D eigenvalue weighted by Gasteiger charge is -2.54. The molecule has 1 aromatic rings. The van der Waals surface area contributed by atoms with E-state index >= 15 is 0 Å². The Bertz CT molecular complexity index is 837. The number of amides is 2. The lowest BCUT2D eigenvalue weighted by Crippen LogP contribution is -2.62. The maximum absolute atomic E-state index is 13.5. The molecule has 3 aliphatic rings. The Labute approximate surface area is 184 Å². The Morgan fingerprint density at radius 1 is 1.17 bits per heavy atom. The van der Waals surface area contributed by atoms with Gasteiger partial charge in [0.15, 0.2) is 0 Å². The molecule has 0 N–H and O–H groups in total. The first-order valence-electron chi connectivity index (χ1n) is 10.8. The summed E-state index contributed by atoms with van der Waals surface area (Å²) in [6.07, 6.45) is 3.60. The highest BCUT2D eigenvalue weighted by molar-refractivity contribution is 6.31. The molecule has 2 amide bonds. The van der Waals surface area contributed by atoms with Gasteiger partial charge in [0.2, 0.25) is 5.91 Å². The first-order valence-corrected chi connectivity index (χ1v) is 11.2. The quantitative estimate of drug-likeness (QED) is 0.684. The molecule has 3 aliphatic heterocycles. The van der Waals surface area contributed by atoms with E-state index in [9.17, 15) is 9.59 Å². The Morgan fingerprint density at radius 2 is 1.83 bits per heavy atom. The van der Waals surface area contributed by atoms with Gasteiger partial charge in [0.25, 0.3) is 5.91 Å². The lowest BCUT2D eigenvalue weighted by molar-refractivity contribution is -0.160. The molecule has 162 valence electrons. The van der Waals surface area contributed by atoms with Crippen LogP contribution >= 0.6 is 11.6 Å². The molecule has 0 unspecified atom stereocenters. The van der Waals surface area contributed by atoms with E-state index in [0.717, 1.165) is 37.9 Å². The predicted octanol–water partition coefficient (Wildman–Crippen LogP) is 3.88. The Balaban J connectivity index is 1.44. The van der Waals surface area contributed by atoms with E-state index in [1.807, 2.05) is 34.1 Å². The van der Waals surface area contributed by atoms with Gasteiger partial charge in [0.05, 0.1) is 6.61 Å². The number of ether oxygens (including phenoxy) is 1. The van der Waals surface area contributed by atoms with Crippen molar-refractivity contribution in [3.8, 4) is 0 Å². The number of benzene rings is 1. The van der Waals surface area contributed by atoms with Crippen molar-refractivity contribution in [2.45, 2.75) is 45.1 Å². The molecule has 0 bridgehead atoms. The third kappa shape index (κ3) is 4.02. The summed E-state index contributed by atoms with van der Waals surface area (Å²) in [5.74, 6) is 0.0267. The van der Waals surface area contributed by atoms with Gasteiger partial charge in [0, 0.05) is 42.5 Å². The summed E-state index contributed by atoms with van der Waals surface area (Å²) in [5, 5.41) is 0.695. The topological polar surface area (TPSA) is 49.9 Å². The van der Waals surface area contributed by atoms with E-state index in [1.165, 1.54) is 6.08 Å². The highest BCUT2D eigenvalue weighted by Gasteiger charge is 2.48. The van der Waals surface area contributed by atoms with Crippen molar-refractivity contribution in [2.75, 3.05) is 32.8 Å². The van der Waals surface area contributed by atoms with Crippen LogP contribution in [0.5, 0.6) is 0 Å². The van der Waals surface area contributed by atoms with Crippen molar-refractivity contribution in [3.05, 3.63) is 47.5 Å². The second kappa shape index (κ2) is 8.01. The minimum atomic E-state index is -0.493. The molecule has 0 aromatic heterocycles. The largest absolute Gasteiger partial charge is 0.367 e. The van der Waals surface area contributed by atoms with Crippen LogP contribution in [0.4, 0.5) is 0 Å². The highest BCUT2D eigenvalue weighted by atomic mass is 35.5. The van der Waals surface area contributed by atoms with Gasteiger partial charge < -0.3 is 14.5 Å². The summed E-state index contributed by atoms with van der Waals surface area (Å²) in [5.41, 5.74) is 1.16. The van der Waals surface area contributed by atoms with Crippen LogP contribution in [0.25, 0.3) is 0 Å². The summed E-state index contributed by atoms with van der Waals surface area (Å²) in [7, 11) is 0. The monoisotopic (exact) mass is 430 g/mol. The molecular weight excluding hydrogens is 400 g/mol. The van der Waals surface area contributed by atoms with Gasteiger partial charge in [-0.05, 0) is 42.4 Å². The molecule has 30 heavy (non-hydrogen) atoms. The smallest absolute Gasteiger partial charge is 0.252 e. The zero-order valence-corrected chi connectivity index (χ0v) is 18.7. The molecule has 1 aromatic carbocycles. The fraction of sp³-hybridized carbons (Fsp3) is 0.583. The van der Waals surface area contributed by atoms with E-state index < -0.39 is 6.10 Å². The van der Waals surface area contributed by atoms with Crippen LogP contribution in [0.2, 0.25) is 5.02 Å². The maximum atomic E-state index is 13.5. The Morgan fingerprint density at radius 3 is 2.47 bits per heavy atom. The van der Waals surface area contributed by atoms with Gasteiger partial charge in [-0.25, -0.2) is 0 Å². The van der Waals surface area contributed by atoms with Crippen molar-refractivity contribution < 1.29 is 14.3 Å². The highest BCUT2D eigenvalue weighted by Crippen LogP contribution is 2.44. The zero-order chi connectivity index (χ0) is 21.5. The number of carbonyl (C=O) groups is 2. The molecule has 0 aliphatic carbocycles. The molecular formula is C24H31ClN2O3. The predicted molar refractivity (Wildman–Crippen MR) is 117 cm³/mol. The third-order valence-corrected chi connectivity index (χ3v) is 7.36. The van der Waals surface area contributed by atoms with Crippen LogP contribution in [0, 0.1) is 10.8 Å². The minimum Gasteiger partial charge on any atom is -0.367 e. The first-order chi connectivity index (χ1) is 14.2. The van der Waals surface area contributed by atoms with Crippen LogP contribution in [0.1, 0.15) is 44.6 Å². The maximum Gasteiger partial charge on any atom is 0.252 e. The standard InChI is InChI=1S/C24H31ClN2O3/c1-4-20(28)27-14-24(15-27)9-11-26(12-10-24)22(29)21-18(13-23(2,3)16-30-21)17-7-5-6-8-19(17)25/h4-8,18,21H,1,9-16H2,2-3H3/t18-,21+/m0/s1. The molecule has 1 spiro atoms. The SMILES string of the molecule is C=CC(=O)N1CC2(CCN(C(=O)[C@@H]3OCC(C)(C)C[C@H]3c3ccccc3Cl)CC2)C1. The van der Waals surface area contributed by atoms with E-state index in [1.54, 1.807) is 0 Å². The molecule has 4 rings (SSSR count). The van der Waals surface area contributed by atoms with Crippen molar-refractivity contribution in [1.82, 2.24) is 9.80 Å². The summed E-state index contributed by atoms with van der Waals surface area (Å²) in [4.78, 5) is 29.0. The number of likely N-dealkylation sites (tertiary alicyclic amines) is 2. The van der Waals surface area contributed by atoms with Gasteiger partial charge in [-0.15, -0.1) is 0 Å². The van der Waals surface area contributed by atoms with E-state index in [0.29, 0.717) is 24.7 Å². The summed E-state index contributed by atoms with van der Waals surface area (Å²) < 4.78 is 6.17. The zero-order valence-electron chi connectivity index (χ0n) is 17.9. The molecule has 3 fully saturated rings. The van der Waals surface area contributed by atoms with E-state index in [4.69, 9.17) is 16.3 Å². The van der Waals surface area contributed by atoms with Crippen molar-refractivity contribution in [1.29, 1.82) is 0 Å². The average Bonchev–Trinajstić information content (AvgIpc) is 2.71. The first kappa shape index (κ1) is 21.4. The molecule has 5 nitrogen and oxygen atoms in total. The number of nitrogens with zero attached hydrogens (tertiary/aromatic N) is 2. The van der Waals surface area contributed by atoms with Crippen LogP contribution in [-0.2, 0) is 14.3 Å². The fourth-order valence-corrected chi connectivity index (χ4v) is 5.51. The minimum absolute atomic E-state index is 0.0000622. The van der Waals surface area contributed by atoms with Crippen molar-refractivity contribution in [3.63, 3.8) is 0 Å². The number of hydrogen-bond acceptors (Lipinski definition) is 3. The van der Waals surface area contributed by atoms with Crippen LogP contribution in [-0.4, -0.2) is 60.5 Å². The van der Waals surface area contributed by atoms with Gasteiger partial charge in [0.1, 0.15) is 6.10 Å². The van der Waals surface area contributed by atoms with E-state index in [-0.39, 0.29) is 28.6 Å². The van der Waals surface area contributed by atoms with Crippen LogP contribution in [0.15, 0.2) is 36.9 Å². The third-order valence-electron chi connectivity index (χ3n) is 7.01. The normalized spacial score (nSPS) is 27.4. The van der Waals surface area contributed by atoms with Gasteiger partial charge in [-0.1, -0.05) is 50.2 Å². The van der Waals surface area contributed by atoms with Crippen LogP contribution < -0.4 is 0 Å². The second-order valence-electron chi connectivity index (χ2n) is 9.95. The summed E-state index contributed by atoms with van der Waals surface area (Å²) >= 11 is 6.50. The second-order valence-corrected chi connectivity index (χ2v) is 10.4. The number of rotatable bonds is 3. The average molecular weight is 431 g/mol.